The molecule has 0 N–H and O–H groups in total. The van der Waals surface area contributed by atoms with Crippen molar-refractivity contribution in [2.75, 3.05) is 19.5 Å². The Hall–Kier alpha value is -2.29. The SMILES string of the molecule is CCOC(=O)C(=O)CC(=O)CC(C)C.CCOC(=O)c1cc(CC(C)C)nc(SC)n1. The molecule has 9 heteroatoms. The summed E-state index contributed by atoms with van der Waals surface area (Å²) in [6, 6.07) is 1.72. The van der Waals surface area contributed by atoms with Gasteiger partial charge in [0.15, 0.2) is 10.9 Å². The van der Waals surface area contributed by atoms with Crippen LogP contribution in [0.5, 0.6) is 0 Å². The zero-order valence-corrected chi connectivity index (χ0v) is 20.3. The van der Waals surface area contributed by atoms with Crippen molar-refractivity contribution < 1.29 is 28.7 Å². The minimum Gasteiger partial charge on any atom is -0.461 e. The van der Waals surface area contributed by atoms with Gasteiger partial charge in [-0.25, -0.2) is 19.6 Å². The molecule has 0 atom stereocenters. The van der Waals surface area contributed by atoms with E-state index < -0.39 is 11.8 Å². The van der Waals surface area contributed by atoms with Gasteiger partial charge in [-0.05, 0) is 44.4 Å². The molecule has 0 aliphatic carbocycles. The van der Waals surface area contributed by atoms with Crippen LogP contribution in [0.4, 0.5) is 0 Å². The summed E-state index contributed by atoms with van der Waals surface area (Å²) in [7, 11) is 0. The van der Waals surface area contributed by atoms with E-state index in [0.717, 1.165) is 12.1 Å². The summed E-state index contributed by atoms with van der Waals surface area (Å²) in [6.45, 7) is 11.9. The standard InChI is InChI=1S/C12H18N2O2S.C10H16O4/c1-5-16-11(15)10-7-9(6-8(2)3)13-12(14-10)17-4;1-4-14-10(13)9(12)6-8(11)5-7(2)3/h7-8H,5-6H2,1-4H3;7H,4-6H2,1-3H3. The first-order valence-corrected chi connectivity index (χ1v) is 11.6. The molecule has 0 bridgehead atoms. The van der Waals surface area contributed by atoms with Crippen LogP contribution in [0.1, 0.15) is 70.6 Å². The van der Waals surface area contributed by atoms with E-state index >= 15 is 0 Å². The van der Waals surface area contributed by atoms with Crippen molar-refractivity contribution in [2.24, 2.45) is 11.8 Å². The fourth-order valence-corrected chi connectivity index (χ4v) is 2.79. The van der Waals surface area contributed by atoms with Crippen LogP contribution >= 0.6 is 11.8 Å². The quantitative estimate of drug-likeness (QED) is 0.162. The molecule has 174 valence electrons. The van der Waals surface area contributed by atoms with Crippen LogP contribution in [0.15, 0.2) is 11.2 Å². The van der Waals surface area contributed by atoms with Crippen molar-refractivity contribution in [1.29, 1.82) is 0 Å². The molecule has 31 heavy (non-hydrogen) atoms. The molecule has 8 nitrogen and oxygen atoms in total. The first-order chi connectivity index (χ1) is 14.5. The van der Waals surface area contributed by atoms with Crippen LogP contribution in [-0.4, -0.2) is 52.9 Å². The summed E-state index contributed by atoms with van der Waals surface area (Å²) in [6.07, 6.45) is 2.72. The zero-order valence-electron chi connectivity index (χ0n) is 19.5. The number of ketones is 2. The molecular formula is C22H34N2O6S. The number of rotatable bonds is 11. The highest BCUT2D eigenvalue weighted by Gasteiger charge is 2.19. The minimum atomic E-state index is -0.912. The number of hydrogen-bond acceptors (Lipinski definition) is 9. The van der Waals surface area contributed by atoms with Crippen LogP contribution in [0.25, 0.3) is 0 Å². The Bertz CT molecular complexity index is 750. The van der Waals surface area contributed by atoms with E-state index in [1.165, 1.54) is 11.8 Å². The fourth-order valence-electron chi connectivity index (χ4n) is 2.39. The zero-order chi connectivity index (χ0) is 24.0. The number of Topliss-reactive ketones (excluding diaryl/α,β-unsaturated/α-hetero) is 2. The lowest BCUT2D eigenvalue weighted by atomic mass is 10.0. The van der Waals surface area contributed by atoms with Gasteiger partial charge >= 0.3 is 11.9 Å². The van der Waals surface area contributed by atoms with Crippen LogP contribution < -0.4 is 0 Å². The monoisotopic (exact) mass is 454 g/mol. The highest BCUT2D eigenvalue weighted by Crippen LogP contribution is 2.14. The molecule has 1 aromatic rings. The van der Waals surface area contributed by atoms with E-state index in [9.17, 15) is 19.2 Å². The number of nitrogens with zero attached hydrogens (tertiary/aromatic N) is 2. The summed E-state index contributed by atoms with van der Waals surface area (Å²) in [5, 5.41) is 0.617. The average Bonchev–Trinajstić information content (AvgIpc) is 2.67. The maximum atomic E-state index is 11.6. The van der Waals surface area contributed by atoms with Gasteiger partial charge in [-0.15, -0.1) is 0 Å². The third kappa shape index (κ3) is 12.9. The summed E-state index contributed by atoms with van der Waals surface area (Å²) < 4.78 is 9.42. The normalized spacial score (nSPS) is 10.4. The summed E-state index contributed by atoms with van der Waals surface area (Å²) >= 11 is 1.43. The molecule has 1 rings (SSSR count). The van der Waals surface area contributed by atoms with Crippen molar-refractivity contribution >= 4 is 35.3 Å². The van der Waals surface area contributed by atoms with E-state index in [-0.39, 0.29) is 30.7 Å². The van der Waals surface area contributed by atoms with Gasteiger partial charge in [0.05, 0.1) is 19.6 Å². The highest BCUT2D eigenvalue weighted by molar-refractivity contribution is 7.98. The number of esters is 2. The molecule has 0 spiro atoms. The van der Waals surface area contributed by atoms with Crippen molar-refractivity contribution in [3.05, 3.63) is 17.5 Å². The predicted molar refractivity (Wildman–Crippen MR) is 119 cm³/mol. The molecule has 0 aliphatic heterocycles. The second-order valence-electron chi connectivity index (χ2n) is 7.51. The number of carbonyl (C=O) groups excluding carboxylic acids is 4. The van der Waals surface area contributed by atoms with Gasteiger partial charge in [-0.2, -0.15) is 0 Å². The molecule has 0 unspecified atom stereocenters. The second kappa shape index (κ2) is 15.5. The van der Waals surface area contributed by atoms with E-state index in [1.807, 2.05) is 20.1 Å². The van der Waals surface area contributed by atoms with Gasteiger partial charge in [-0.1, -0.05) is 39.5 Å². The lowest BCUT2D eigenvalue weighted by Gasteiger charge is -2.08. The molecule has 0 saturated carbocycles. The molecule has 0 aliphatic rings. The Morgan fingerprint density at radius 3 is 2.06 bits per heavy atom. The van der Waals surface area contributed by atoms with Gasteiger partial charge in [0.1, 0.15) is 5.78 Å². The van der Waals surface area contributed by atoms with Crippen molar-refractivity contribution in [1.82, 2.24) is 9.97 Å². The molecule has 0 saturated heterocycles. The Morgan fingerprint density at radius 1 is 0.968 bits per heavy atom. The van der Waals surface area contributed by atoms with Gasteiger partial charge in [0.25, 0.3) is 0 Å². The molecule has 0 fully saturated rings. The first-order valence-electron chi connectivity index (χ1n) is 10.3. The van der Waals surface area contributed by atoms with E-state index in [0.29, 0.717) is 29.8 Å². The third-order valence-electron chi connectivity index (χ3n) is 3.54. The lowest BCUT2D eigenvalue weighted by molar-refractivity contribution is -0.154. The fraction of sp³-hybridized carbons (Fsp3) is 0.636. The minimum absolute atomic E-state index is 0.156. The van der Waals surface area contributed by atoms with Crippen LogP contribution in [0, 0.1) is 11.8 Å². The van der Waals surface area contributed by atoms with Gasteiger partial charge in [-0.3, -0.25) is 9.59 Å². The second-order valence-corrected chi connectivity index (χ2v) is 8.28. The maximum absolute atomic E-state index is 11.6. The number of thioether (sulfide) groups is 1. The van der Waals surface area contributed by atoms with Crippen LogP contribution in [0.2, 0.25) is 0 Å². The smallest absolute Gasteiger partial charge is 0.375 e. The van der Waals surface area contributed by atoms with E-state index in [2.05, 4.69) is 28.6 Å². The van der Waals surface area contributed by atoms with Crippen molar-refractivity contribution in [2.45, 2.75) is 66.0 Å². The molecule has 0 amide bonds. The van der Waals surface area contributed by atoms with Crippen molar-refractivity contribution in [3.8, 4) is 0 Å². The first kappa shape index (κ1) is 28.7. The largest absolute Gasteiger partial charge is 0.461 e. The van der Waals surface area contributed by atoms with Gasteiger partial charge in [0, 0.05) is 12.1 Å². The van der Waals surface area contributed by atoms with Crippen LogP contribution in [-0.2, 0) is 30.3 Å². The Labute approximate surface area is 188 Å². The Kier molecular flexibility index (Phi) is 14.4. The number of carbonyl (C=O) groups is 4. The maximum Gasteiger partial charge on any atom is 0.375 e. The van der Waals surface area contributed by atoms with Crippen molar-refractivity contribution in [3.63, 3.8) is 0 Å². The number of ether oxygens (including phenoxy) is 2. The molecule has 0 radical (unpaired) electrons. The summed E-state index contributed by atoms with van der Waals surface area (Å²) in [5.74, 6) is -1.55. The van der Waals surface area contributed by atoms with E-state index in [1.54, 1.807) is 19.9 Å². The summed E-state index contributed by atoms with van der Waals surface area (Å²) in [4.78, 5) is 53.2. The molecule has 0 aromatic carbocycles. The predicted octanol–water partition coefficient (Wildman–Crippen LogP) is 3.70. The lowest BCUT2D eigenvalue weighted by Crippen LogP contribution is -2.21. The van der Waals surface area contributed by atoms with Crippen LogP contribution in [0.3, 0.4) is 0 Å². The third-order valence-corrected chi connectivity index (χ3v) is 4.09. The topological polar surface area (TPSA) is 113 Å². The number of aromatic nitrogens is 2. The van der Waals surface area contributed by atoms with Gasteiger partial charge in [0.2, 0.25) is 5.78 Å². The molecule has 1 aromatic heterocycles. The summed E-state index contributed by atoms with van der Waals surface area (Å²) in [5.41, 5.74) is 1.24. The van der Waals surface area contributed by atoms with E-state index in [4.69, 9.17) is 4.74 Å². The average molecular weight is 455 g/mol. The molecule has 1 heterocycles. The van der Waals surface area contributed by atoms with Gasteiger partial charge < -0.3 is 9.47 Å². The highest BCUT2D eigenvalue weighted by atomic mass is 32.2. The Balaban J connectivity index is 0.000000594. The molecular weight excluding hydrogens is 420 g/mol. The number of hydrogen-bond donors (Lipinski definition) is 0. The Morgan fingerprint density at radius 2 is 1.58 bits per heavy atom.